The molecule has 1 aromatic heterocycles. The standard InChI is InChI=1S/C21H24ClN3OS/c1-24(2)16-9-11-25(12-10-16)20-19(8-7-18-21(20)27-14-23-18)26-13-15-5-3-4-6-17(15)22/h3-8,14,16H,9-13H2,1-2H3. The topological polar surface area (TPSA) is 28.6 Å². The molecule has 0 unspecified atom stereocenters. The van der Waals surface area contributed by atoms with Crippen LogP contribution in [0.2, 0.25) is 5.02 Å². The van der Waals surface area contributed by atoms with Crippen molar-refractivity contribution in [2.45, 2.75) is 25.5 Å². The Morgan fingerprint density at radius 2 is 1.96 bits per heavy atom. The van der Waals surface area contributed by atoms with Gasteiger partial charge in [0.2, 0.25) is 0 Å². The number of nitrogens with zero attached hydrogens (tertiary/aromatic N) is 3. The zero-order valence-corrected chi connectivity index (χ0v) is 17.3. The summed E-state index contributed by atoms with van der Waals surface area (Å²) in [6, 6.07) is 12.6. The number of aromatic nitrogens is 1. The summed E-state index contributed by atoms with van der Waals surface area (Å²) in [4.78, 5) is 9.29. The third kappa shape index (κ3) is 3.91. The van der Waals surface area contributed by atoms with E-state index in [4.69, 9.17) is 16.3 Å². The van der Waals surface area contributed by atoms with Crippen LogP contribution in [-0.4, -0.2) is 43.1 Å². The molecule has 1 saturated heterocycles. The van der Waals surface area contributed by atoms with E-state index in [1.807, 2.05) is 41.9 Å². The molecule has 2 aromatic carbocycles. The third-order valence-corrected chi connectivity index (χ3v) is 6.51. The highest BCUT2D eigenvalue weighted by Crippen LogP contribution is 2.40. The molecule has 4 rings (SSSR count). The first kappa shape index (κ1) is 18.5. The van der Waals surface area contributed by atoms with Crippen molar-refractivity contribution in [3.63, 3.8) is 0 Å². The van der Waals surface area contributed by atoms with E-state index >= 15 is 0 Å². The summed E-state index contributed by atoms with van der Waals surface area (Å²) < 4.78 is 7.46. The van der Waals surface area contributed by atoms with E-state index < -0.39 is 0 Å². The summed E-state index contributed by atoms with van der Waals surface area (Å²) in [5.41, 5.74) is 5.13. The SMILES string of the molecule is CN(C)C1CCN(c2c(OCc3ccccc3Cl)ccc3ncsc23)CC1. The monoisotopic (exact) mass is 401 g/mol. The molecule has 0 radical (unpaired) electrons. The number of piperidine rings is 1. The van der Waals surface area contributed by atoms with Crippen molar-refractivity contribution < 1.29 is 4.74 Å². The molecule has 1 aliphatic heterocycles. The van der Waals surface area contributed by atoms with Crippen molar-refractivity contribution in [3.05, 3.63) is 52.5 Å². The minimum absolute atomic E-state index is 0.463. The first-order valence-electron chi connectivity index (χ1n) is 9.27. The molecule has 2 heterocycles. The molecule has 0 saturated carbocycles. The highest BCUT2D eigenvalue weighted by atomic mass is 35.5. The predicted octanol–water partition coefficient (Wildman–Crippen LogP) is 5.06. The van der Waals surface area contributed by atoms with Crippen LogP contribution in [-0.2, 0) is 6.61 Å². The molecule has 142 valence electrons. The first-order chi connectivity index (χ1) is 13.1. The molecule has 0 aliphatic carbocycles. The Hall–Kier alpha value is -1.82. The first-order valence-corrected chi connectivity index (χ1v) is 10.5. The second-order valence-electron chi connectivity index (χ2n) is 7.17. The van der Waals surface area contributed by atoms with Gasteiger partial charge in [-0.15, -0.1) is 11.3 Å². The van der Waals surface area contributed by atoms with E-state index in [0.29, 0.717) is 12.6 Å². The quantitative estimate of drug-likeness (QED) is 0.597. The van der Waals surface area contributed by atoms with Gasteiger partial charge in [-0.25, -0.2) is 4.98 Å². The molecule has 0 bridgehead atoms. The molecule has 27 heavy (non-hydrogen) atoms. The van der Waals surface area contributed by atoms with Crippen molar-refractivity contribution in [3.8, 4) is 5.75 Å². The van der Waals surface area contributed by atoms with Crippen molar-refractivity contribution in [1.29, 1.82) is 0 Å². The van der Waals surface area contributed by atoms with Crippen molar-refractivity contribution in [2.75, 3.05) is 32.1 Å². The maximum absolute atomic E-state index is 6.30. The molecule has 4 nitrogen and oxygen atoms in total. The van der Waals surface area contributed by atoms with E-state index in [1.165, 1.54) is 10.4 Å². The van der Waals surface area contributed by atoms with Gasteiger partial charge in [0.1, 0.15) is 12.4 Å². The van der Waals surface area contributed by atoms with Gasteiger partial charge in [-0.3, -0.25) is 0 Å². The number of anilines is 1. The Morgan fingerprint density at radius 3 is 2.70 bits per heavy atom. The number of hydrogen-bond donors (Lipinski definition) is 0. The summed E-state index contributed by atoms with van der Waals surface area (Å²) in [5, 5.41) is 0.740. The van der Waals surface area contributed by atoms with Gasteiger partial charge in [0, 0.05) is 29.7 Å². The number of fused-ring (bicyclic) bond motifs is 1. The van der Waals surface area contributed by atoms with Gasteiger partial charge in [0.15, 0.2) is 0 Å². The third-order valence-electron chi connectivity index (χ3n) is 5.29. The van der Waals surface area contributed by atoms with E-state index in [9.17, 15) is 0 Å². The minimum Gasteiger partial charge on any atom is -0.487 e. The summed E-state index contributed by atoms with van der Waals surface area (Å²) >= 11 is 7.98. The van der Waals surface area contributed by atoms with Gasteiger partial charge in [-0.05, 0) is 45.1 Å². The summed E-state index contributed by atoms with van der Waals surface area (Å²) in [5.74, 6) is 0.912. The van der Waals surface area contributed by atoms with Crippen LogP contribution >= 0.6 is 22.9 Å². The lowest BCUT2D eigenvalue weighted by molar-refractivity contribution is 0.248. The van der Waals surface area contributed by atoms with Gasteiger partial charge < -0.3 is 14.5 Å². The Kier molecular flexibility index (Phi) is 5.53. The molecule has 0 amide bonds. The van der Waals surface area contributed by atoms with E-state index in [-0.39, 0.29) is 0 Å². The minimum atomic E-state index is 0.463. The molecular weight excluding hydrogens is 378 g/mol. The number of hydrogen-bond acceptors (Lipinski definition) is 5. The second-order valence-corrected chi connectivity index (χ2v) is 8.44. The van der Waals surface area contributed by atoms with Gasteiger partial charge in [0.05, 0.1) is 21.4 Å². The van der Waals surface area contributed by atoms with Crippen LogP contribution in [0.1, 0.15) is 18.4 Å². The lowest BCUT2D eigenvalue weighted by Crippen LogP contribution is -2.42. The molecule has 0 N–H and O–H groups in total. The molecule has 0 atom stereocenters. The number of rotatable bonds is 5. The smallest absolute Gasteiger partial charge is 0.144 e. The van der Waals surface area contributed by atoms with Gasteiger partial charge >= 0.3 is 0 Å². The highest BCUT2D eigenvalue weighted by molar-refractivity contribution is 7.17. The van der Waals surface area contributed by atoms with Crippen LogP contribution in [0.15, 0.2) is 41.9 Å². The van der Waals surface area contributed by atoms with E-state index in [2.05, 4.69) is 28.9 Å². The van der Waals surface area contributed by atoms with Gasteiger partial charge in [0.25, 0.3) is 0 Å². The van der Waals surface area contributed by atoms with Crippen molar-refractivity contribution >= 4 is 38.8 Å². The second kappa shape index (κ2) is 8.05. The predicted molar refractivity (Wildman–Crippen MR) is 114 cm³/mol. The van der Waals surface area contributed by atoms with Crippen LogP contribution in [0.3, 0.4) is 0 Å². The fraction of sp³-hybridized carbons (Fsp3) is 0.381. The summed E-state index contributed by atoms with van der Waals surface area (Å²) in [6.45, 7) is 2.52. The van der Waals surface area contributed by atoms with Crippen LogP contribution in [0.25, 0.3) is 10.2 Å². The summed E-state index contributed by atoms with van der Waals surface area (Å²) in [6.07, 6.45) is 2.32. The fourth-order valence-electron chi connectivity index (χ4n) is 3.69. The Bertz CT molecular complexity index is 919. The van der Waals surface area contributed by atoms with Gasteiger partial charge in [-0.2, -0.15) is 0 Å². The molecule has 1 aliphatic rings. The van der Waals surface area contributed by atoms with Crippen LogP contribution in [0.4, 0.5) is 5.69 Å². The lowest BCUT2D eigenvalue weighted by Gasteiger charge is -2.37. The largest absolute Gasteiger partial charge is 0.487 e. The van der Waals surface area contributed by atoms with Crippen LogP contribution in [0.5, 0.6) is 5.75 Å². The molecule has 6 heteroatoms. The number of benzene rings is 2. The maximum Gasteiger partial charge on any atom is 0.144 e. The Balaban J connectivity index is 1.61. The highest BCUT2D eigenvalue weighted by Gasteiger charge is 2.25. The average molecular weight is 402 g/mol. The Morgan fingerprint density at radius 1 is 1.19 bits per heavy atom. The summed E-state index contributed by atoms with van der Waals surface area (Å²) in [7, 11) is 4.34. The normalized spacial score (nSPS) is 15.6. The molecule has 1 fully saturated rings. The van der Waals surface area contributed by atoms with Crippen LogP contribution in [0, 0.1) is 0 Å². The molecule has 3 aromatic rings. The number of ether oxygens (including phenoxy) is 1. The lowest BCUT2D eigenvalue weighted by atomic mass is 10.0. The van der Waals surface area contributed by atoms with Crippen molar-refractivity contribution in [1.82, 2.24) is 9.88 Å². The zero-order valence-electron chi connectivity index (χ0n) is 15.7. The maximum atomic E-state index is 6.30. The Labute approximate surface area is 169 Å². The molecule has 0 spiro atoms. The van der Waals surface area contributed by atoms with Crippen molar-refractivity contribution in [2.24, 2.45) is 0 Å². The number of thiazole rings is 1. The fourth-order valence-corrected chi connectivity index (χ4v) is 4.73. The average Bonchev–Trinajstić information content (AvgIpc) is 3.16. The number of halogens is 1. The zero-order chi connectivity index (χ0) is 18.8. The van der Waals surface area contributed by atoms with E-state index in [1.54, 1.807) is 11.3 Å². The van der Waals surface area contributed by atoms with Gasteiger partial charge in [-0.1, -0.05) is 29.8 Å². The molecular formula is C21H24ClN3OS. The van der Waals surface area contributed by atoms with Crippen LogP contribution < -0.4 is 9.64 Å². The van der Waals surface area contributed by atoms with E-state index in [0.717, 1.165) is 47.8 Å².